The summed E-state index contributed by atoms with van der Waals surface area (Å²) in [5.41, 5.74) is 2.29. The lowest BCUT2D eigenvalue weighted by atomic mass is 9.98. The quantitative estimate of drug-likeness (QED) is 0.819. The summed E-state index contributed by atoms with van der Waals surface area (Å²) in [4.78, 5) is 28.6. The third kappa shape index (κ3) is 4.70. The smallest absolute Gasteiger partial charge is 0.269 e. The highest BCUT2D eigenvalue weighted by molar-refractivity contribution is 5.96. The second kappa shape index (κ2) is 7.86. The van der Waals surface area contributed by atoms with Crippen molar-refractivity contribution in [3.8, 4) is 11.1 Å². The minimum Gasteiger partial charge on any atom is -0.350 e. The summed E-state index contributed by atoms with van der Waals surface area (Å²) in [5, 5.41) is 5.68. The van der Waals surface area contributed by atoms with Crippen molar-refractivity contribution in [2.75, 3.05) is 6.54 Å². The van der Waals surface area contributed by atoms with Crippen LogP contribution in [0.25, 0.3) is 11.1 Å². The van der Waals surface area contributed by atoms with Crippen LogP contribution >= 0.6 is 0 Å². The molecule has 1 aliphatic carbocycles. The molecule has 5 nitrogen and oxygen atoms in total. The molecule has 0 radical (unpaired) electrons. The van der Waals surface area contributed by atoms with Crippen LogP contribution in [0.15, 0.2) is 30.5 Å². The number of carbonyl (C=O) groups is 2. The zero-order valence-electron chi connectivity index (χ0n) is 15.8. The first-order valence-electron chi connectivity index (χ1n) is 9.20. The van der Waals surface area contributed by atoms with Gasteiger partial charge in [-0.3, -0.25) is 14.6 Å². The van der Waals surface area contributed by atoms with Gasteiger partial charge in [-0.15, -0.1) is 0 Å². The van der Waals surface area contributed by atoms with Gasteiger partial charge in [0.05, 0.1) is 0 Å². The number of halogens is 1. The highest BCUT2D eigenvalue weighted by atomic mass is 19.1. The van der Waals surface area contributed by atoms with E-state index >= 15 is 0 Å². The molecular formula is C21H24FN3O2. The molecule has 1 aliphatic rings. The van der Waals surface area contributed by atoms with Crippen LogP contribution < -0.4 is 10.6 Å². The topological polar surface area (TPSA) is 71.1 Å². The molecule has 1 saturated carbocycles. The van der Waals surface area contributed by atoms with Crippen LogP contribution in [-0.4, -0.2) is 29.4 Å². The lowest BCUT2D eigenvalue weighted by Crippen LogP contribution is -2.27. The van der Waals surface area contributed by atoms with Crippen LogP contribution in [0.3, 0.4) is 0 Å². The van der Waals surface area contributed by atoms with Crippen molar-refractivity contribution in [2.45, 2.75) is 39.7 Å². The van der Waals surface area contributed by atoms with Gasteiger partial charge in [0.2, 0.25) is 0 Å². The van der Waals surface area contributed by atoms with E-state index < -0.39 is 5.82 Å². The summed E-state index contributed by atoms with van der Waals surface area (Å²) < 4.78 is 14.4. The molecule has 0 bridgehead atoms. The van der Waals surface area contributed by atoms with Crippen LogP contribution in [0.2, 0.25) is 0 Å². The van der Waals surface area contributed by atoms with Gasteiger partial charge in [0.1, 0.15) is 11.5 Å². The average Bonchev–Trinajstić information content (AvgIpc) is 3.46. The summed E-state index contributed by atoms with van der Waals surface area (Å²) in [6.07, 6.45) is 3.48. The van der Waals surface area contributed by atoms with Gasteiger partial charge in [0, 0.05) is 29.9 Å². The van der Waals surface area contributed by atoms with E-state index in [1.165, 1.54) is 12.3 Å². The number of hydrogen-bond donors (Lipinski definition) is 2. The predicted molar refractivity (Wildman–Crippen MR) is 102 cm³/mol. The van der Waals surface area contributed by atoms with Gasteiger partial charge in [0.15, 0.2) is 0 Å². The van der Waals surface area contributed by atoms with Crippen molar-refractivity contribution in [1.82, 2.24) is 15.6 Å². The number of amides is 2. The highest BCUT2D eigenvalue weighted by Gasteiger charge is 2.24. The fourth-order valence-electron chi connectivity index (χ4n) is 2.68. The highest BCUT2D eigenvalue weighted by Crippen LogP contribution is 2.27. The summed E-state index contributed by atoms with van der Waals surface area (Å²) in [6.45, 7) is 6.27. The van der Waals surface area contributed by atoms with Crippen LogP contribution in [0, 0.1) is 18.7 Å². The predicted octanol–water partition coefficient (Wildman–Crippen LogP) is 3.47. The molecule has 3 rings (SSSR count). The maximum atomic E-state index is 14.4. The van der Waals surface area contributed by atoms with E-state index in [0.717, 1.165) is 12.8 Å². The van der Waals surface area contributed by atoms with Gasteiger partial charge in [-0.2, -0.15) is 0 Å². The third-order valence-electron chi connectivity index (χ3n) is 4.50. The maximum absolute atomic E-state index is 14.4. The molecule has 1 aromatic heterocycles. The van der Waals surface area contributed by atoms with Crippen LogP contribution in [0.5, 0.6) is 0 Å². The molecule has 0 saturated heterocycles. The lowest BCUT2D eigenvalue weighted by molar-refractivity contribution is 0.0938. The number of hydrogen-bond acceptors (Lipinski definition) is 3. The Morgan fingerprint density at radius 1 is 1.22 bits per heavy atom. The summed E-state index contributed by atoms with van der Waals surface area (Å²) in [5.74, 6) is -0.596. The maximum Gasteiger partial charge on any atom is 0.269 e. The molecule has 27 heavy (non-hydrogen) atoms. The minimum absolute atomic E-state index is 0.204. The molecule has 2 N–H and O–H groups in total. The van der Waals surface area contributed by atoms with E-state index in [2.05, 4.69) is 15.6 Å². The zero-order chi connectivity index (χ0) is 19.6. The number of rotatable bonds is 6. The summed E-state index contributed by atoms with van der Waals surface area (Å²) >= 11 is 0. The fourth-order valence-corrected chi connectivity index (χ4v) is 2.68. The monoisotopic (exact) mass is 369 g/mol. The number of nitrogens with zero attached hydrogens (tertiary/aromatic N) is 1. The second-order valence-corrected chi connectivity index (χ2v) is 7.41. The number of nitrogens with one attached hydrogen (secondary N) is 2. The Hall–Kier alpha value is -2.76. The normalized spacial score (nSPS) is 13.5. The lowest BCUT2D eigenvalue weighted by Gasteiger charge is -2.12. The molecule has 2 aromatic rings. The van der Waals surface area contributed by atoms with Crippen molar-refractivity contribution in [2.24, 2.45) is 5.92 Å². The Bertz CT molecular complexity index is 858. The van der Waals surface area contributed by atoms with Crippen LogP contribution in [0.4, 0.5) is 4.39 Å². The van der Waals surface area contributed by atoms with Gasteiger partial charge in [-0.05, 0) is 55.0 Å². The molecule has 1 heterocycles. The first-order chi connectivity index (χ1) is 12.8. The molecular weight excluding hydrogens is 345 g/mol. The number of pyridine rings is 1. The van der Waals surface area contributed by atoms with Crippen molar-refractivity contribution >= 4 is 11.8 Å². The first kappa shape index (κ1) is 19.0. The zero-order valence-corrected chi connectivity index (χ0v) is 15.8. The Morgan fingerprint density at radius 3 is 2.56 bits per heavy atom. The molecule has 1 aromatic carbocycles. The van der Waals surface area contributed by atoms with Crippen molar-refractivity contribution < 1.29 is 14.0 Å². The molecule has 142 valence electrons. The van der Waals surface area contributed by atoms with Gasteiger partial charge >= 0.3 is 0 Å². The number of aromatic nitrogens is 1. The van der Waals surface area contributed by atoms with Gasteiger partial charge in [-0.1, -0.05) is 19.9 Å². The van der Waals surface area contributed by atoms with E-state index in [-0.39, 0.29) is 17.9 Å². The number of benzene rings is 1. The Labute approximate surface area is 158 Å². The Morgan fingerprint density at radius 2 is 1.96 bits per heavy atom. The molecule has 0 spiro atoms. The Balaban J connectivity index is 1.83. The Kier molecular flexibility index (Phi) is 5.54. The van der Waals surface area contributed by atoms with Crippen LogP contribution in [-0.2, 0) is 0 Å². The molecule has 2 amide bonds. The van der Waals surface area contributed by atoms with E-state index in [1.807, 2.05) is 13.8 Å². The van der Waals surface area contributed by atoms with E-state index in [0.29, 0.717) is 40.4 Å². The van der Waals surface area contributed by atoms with Crippen molar-refractivity contribution in [1.29, 1.82) is 0 Å². The number of carbonyl (C=O) groups excluding carboxylic acids is 2. The minimum atomic E-state index is -0.438. The molecule has 1 fully saturated rings. The molecule has 0 aliphatic heterocycles. The van der Waals surface area contributed by atoms with Gasteiger partial charge in [0.25, 0.3) is 11.8 Å². The van der Waals surface area contributed by atoms with Crippen molar-refractivity contribution in [3.05, 3.63) is 53.1 Å². The standard InChI is InChI=1S/C21H24FN3O2/c1-12(2)10-24-21(27)19-7-4-14(11-23-19)17-8-15(9-18(22)13(17)3)20(26)25-16-5-6-16/h4,7-9,11-12,16H,5-6,10H2,1-3H3,(H,24,27)(H,25,26). The van der Waals surface area contributed by atoms with E-state index in [4.69, 9.17) is 0 Å². The van der Waals surface area contributed by atoms with Gasteiger partial charge < -0.3 is 10.6 Å². The molecule has 6 heteroatoms. The van der Waals surface area contributed by atoms with Gasteiger partial charge in [-0.25, -0.2) is 4.39 Å². The summed E-state index contributed by atoms with van der Waals surface area (Å²) in [6, 6.07) is 6.47. The van der Waals surface area contributed by atoms with E-state index in [9.17, 15) is 14.0 Å². The molecule has 0 unspecified atom stereocenters. The largest absolute Gasteiger partial charge is 0.350 e. The van der Waals surface area contributed by atoms with Crippen molar-refractivity contribution in [3.63, 3.8) is 0 Å². The SMILES string of the molecule is Cc1c(F)cc(C(=O)NC2CC2)cc1-c1ccc(C(=O)NCC(C)C)nc1. The molecule has 0 atom stereocenters. The second-order valence-electron chi connectivity index (χ2n) is 7.41. The summed E-state index contributed by atoms with van der Waals surface area (Å²) in [7, 11) is 0. The third-order valence-corrected chi connectivity index (χ3v) is 4.50. The van der Waals surface area contributed by atoms with Crippen LogP contribution in [0.1, 0.15) is 53.1 Å². The fraction of sp³-hybridized carbons (Fsp3) is 0.381. The first-order valence-corrected chi connectivity index (χ1v) is 9.20. The average molecular weight is 369 g/mol. The van der Waals surface area contributed by atoms with E-state index in [1.54, 1.807) is 25.1 Å².